The smallest absolute Gasteiger partial charge is 0.306 e. The van der Waals surface area contributed by atoms with Gasteiger partial charge in [0, 0.05) is 19.3 Å². The largest absolute Gasteiger partial charge is 0.462 e. The van der Waals surface area contributed by atoms with E-state index in [1.165, 1.54) is 238 Å². The zero-order chi connectivity index (χ0) is 48.6. The fourth-order valence-electron chi connectivity index (χ4n) is 9.19. The Kier molecular flexibility index (Phi) is 55.2. The minimum atomic E-state index is -0.768. The van der Waals surface area contributed by atoms with E-state index < -0.39 is 6.10 Å². The van der Waals surface area contributed by atoms with Crippen LogP contribution in [-0.4, -0.2) is 37.2 Å². The standard InChI is InChI=1S/C61H116O6/c1-4-7-10-13-16-19-22-24-26-28-29-30-31-33-35-37-40-42-45-48-51-54-60(63)66-57-58(67-61(64)55-52-49-46-43-38-21-18-15-12-9-6-3)56-65-59(62)53-50-47-44-41-39-36-34-32-27-25-23-20-17-14-11-8-5-2/h15,18,58H,4-14,16-17,19-57H2,1-3H3/b18-15-. The monoisotopic (exact) mass is 945 g/mol. The molecule has 0 rings (SSSR count). The van der Waals surface area contributed by atoms with Gasteiger partial charge in [0.1, 0.15) is 13.2 Å². The third-order valence-electron chi connectivity index (χ3n) is 13.8. The number of allylic oxidation sites excluding steroid dienone is 2. The molecule has 0 N–H and O–H groups in total. The van der Waals surface area contributed by atoms with E-state index in [1.54, 1.807) is 0 Å². The summed E-state index contributed by atoms with van der Waals surface area (Å²) in [6.07, 6.45) is 65.0. The molecular formula is C61H116O6. The highest BCUT2D eigenvalue weighted by Crippen LogP contribution is 2.18. The van der Waals surface area contributed by atoms with E-state index >= 15 is 0 Å². The molecule has 0 fully saturated rings. The van der Waals surface area contributed by atoms with Crippen molar-refractivity contribution in [3.8, 4) is 0 Å². The van der Waals surface area contributed by atoms with Gasteiger partial charge in [-0.25, -0.2) is 0 Å². The molecule has 6 heteroatoms. The normalized spacial score (nSPS) is 12.0. The highest BCUT2D eigenvalue weighted by Gasteiger charge is 2.19. The zero-order valence-corrected chi connectivity index (χ0v) is 45.5. The number of esters is 3. The number of hydrogen-bond donors (Lipinski definition) is 0. The summed E-state index contributed by atoms with van der Waals surface area (Å²) in [5, 5.41) is 0. The lowest BCUT2D eigenvalue weighted by molar-refractivity contribution is -0.167. The average Bonchev–Trinajstić information content (AvgIpc) is 3.33. The van der Waals surface area contributed by atoms with Gasteiger partial charge in [-0.2, -0.15) is 0 Å². The Morgan fingerprint density at radius 3 is 0.791 bits per heavy atom. The van der Waals surface area contributed by atoms with E-state index in [-0.39, 0.29) is 31.1 Å². The lowest BCUT2D eigenvalue weighted by Gasteiger charge is -2.18. The maximum absolute atomic E-state index is 12.8. The van der Waals surface area contributed by atoms with E-state index in [1.807, 2.05) is 0 Å². The van der Waals surface area contributed by atoms with Crippen LogP contribution in [0.25, 0.3) is 0 Å². The molecule has 0 aromatic heterocycles. The Bertz CT molecular complexity index is 1040. The Hall–Kier alpha value is -1.85. The molecule has 1 atom stereocenters. The summed E-state index contributed by atoms with van der Waals surface area (Å²) in [7, 11) is 0. The van der Waals surface area contributed by atoms with E-state index in [2.05, 4.69) is 32.9 Å². The summed E-state index contributed by atoms with van der Waals surface area (Å²) < 4.78 is 16.9. The summed E-state index contributed by atoms with van der Waals surface area (Å²) in [5.41, 5.74) is 0. The molecular weight excluding hydrogens is 829 g/mol. The molecule has 67 heavy (non-hydrogen) atoms. The molecule has 0 heterocycles. The van der Waals surface area contributed by atoms with Crippen LogP contribution < -0.4 is 0 Å². The van der Waals surface area contributed by atoms with Crippen LogP contribution in [0.5, 0.6) is 0 Å². The lowest BCUT2D eigenvalue weighted by Crippen LogP contribution is -2.30. The first kappa shape index (κ1) is 65.1. The number of carbonyl (C=O) groups is 3. The van der Waals surface area contributed by atoms with Gasteiger partial charge < -0.3 is 14.2 Å². The van der Waals surface area contributed by atoms with E-state index in [0.717, 1.165) is 64.2 Å². The Morgan fingerprint density at radius 2 is 0.507 bits per heavy atom. The lowest BCUT2D eigenvalue weighted by atomic mass is 10.0. The average molecular weight is 946 g/mol. The van der Waals surface area contributed by atoms with Crippen LogP contribution in [0.15, 0.2) is 12.2 Å². The molecule has 0 radical (unpaired) electrons. The summed E-state index contributed by atoms with van der Waals surface area (Å²) in [6.45, 7) is 6.66. The Morgan fingerprint density at radius 1 is 0.284 bits per heavy atom. The van der Waals surface area contributed by atoms with E-state index in [9.17, 15) is 14.4 Å². The van der Waals surface area contributed by atoms with Crippen LogP contribution in [0.4, 0.5) is 0 Å². The highest BCUT2D eigenvalue weighted by atomic mass is 16.6. The van der Waals surface area contributed by atoms with Gasteiger partial charge in [0.25, 0.3) is 0 Å². The highest BCUT2D eigenvalue weighted by molar-refractivity contribution is 5.71. The maximum atomic E-state index is 12.8. The van der Waals surface area contributed by atoms with Gasteiger partial charge in [-0.15, -0.1) is 0 Å². The zero-order valence-electron chi connectivity index (χ0n) is 45.5. The number of rotatable bonds is 56. The molecule has 6 nitrogen and oxygen atoms in total. The van der Waals surface area contributed by atoms with Gasteiger partial charge in [0.2, 0.25) is 0 Å². The van der Waals surface area contributed by atoms with Crippen molar-refractivity contribution in [1.29, 1.82) is 0 Å². The molecule has 0 bridgehead atoms. The molecule has 0 saturated carbocycles. The fraction of sp³-hybridized carbons (Fsp3) is 0.918. The van der Waals surface area contributed by atoms with Crippen LogP contribution in [-0.2, 0) is 28.6 Å². The second-order valence-corrected chi connectivity index (χ2v) is 20.6. The molecule has 0 amide bonds. The van der Waals surface area contributed by atoms with Crippen LogP contribution in [0, 0.1) is 0 Å². The Balaban J connectivity index is 4.21. The van der Waals surface area contributed by atoms with Crippen molar-refractivity contribution in [2.24, 2.45) is 0 Å². The third-order valence-corrected chi connectivity index (χ3v) is 13.8. The maximum Gasteiger partial charge on any atom is 0.306 e. The van der Waals surface area contributed by atoms with Crippen LogP contribution >= 0.6 is 0 Å². The van der Waals surface area contributed by atoms with Gasteiger partial charge in [-0.3, -0.25) is 14.4 Å². The number of ether oxygens (including phenoxy) is 3. The first-order valence-corrected chi connectivity index (χ1v) is 30.2. The van der Waals surface area contributed by atoms with Crippen molar-refractivity contribution in [3.05, 3.63) is 12.2 Å². The van der Waals surface area contributed by atoms with Gasteiger partial charge in [-0.1, -0.05) is 296 Å². The summed E-state index contributed by atoms with van der Waals surface area (Å²) in [4.78, 5) is 38.1. The molecule has 0 saturated heterocycles. The number of hydrogen-bond acceptors (Lipinski definition) is 6. The van der Waals surface area contributed by atoms with Crippen molar-refractivity contribution in [2.75, 3.05) is 13.2 Å². The van der Waals surface area contributed by atoms with Crippen molar-refractivity contribution >= 4 is 17.9 Å². The Labute approximate surface area is 418 Å². The predicted molar refractivity (Wildman–Crippen MR) is 289 cm³/mol. The summed E-state index contributed by atoms with van der Waals surface area (Å²) in [6, 6.07) is 0. The quantitative estimate of drug-likeness (QED) is 0.0262. The second-order valence-electron chi connectivity index (χ2n) is 20.6. The van der Waals surface area contributed by atoms with E-state index in [0.29, 0.717) is 19.3 Å². The van der Waals surface area contributed by atoms with Crippen LogP contribution in [0.1, 0.15) is 342 Å². The SMILES string of the molecule is CCCC/C=C\CCCCCCCC(=O)OC(COC(=O)CCCCCCCCCCCCCCCCCCC)COC(=O)CCCCCCCCCCCCCCCCCCCCCCC. The number of unbranched alkanes of at least 4 members (excludes halogenated alkanes) is 43. The summed E-state index contributed by atoms with van der Waals surface area (Å²) >= 11 is 0. The van der Waals surface area contributed by atoms with Crippen molar-refractivity contribution in [2.45, 2.75) is 348 Å². The summed E-state index contributed by atoms with van der Waals surface area (Å²) in [5.74, 6) is -0.851. The van der Waals surface area contributed by atoms with Crippen LogP contribution in [0.2, 0.25) is 0 Å². The van der Waals surface area contributed by atoms with Gasteiger partial charge in [0.05, 0.1) is 0 Å². The van der Waals surface area contributed by atoms with Crippen molar-refractivity contribution in [1.82, 2.24) is 0 Å². The molecule has 0 aliphatic heterocycles. The number of carbonyl (C=O) groups excluding carboxylic acids is 3. The fourth-order valence-corrected chi connectivity index (χ4v) is 9.19. The molecule has 0 aromatic carbocycles. The second kappa shape index (κ2) is 56.7. The minimum absolute atomic E-state index is 0.0675. The first-order chi connectivity index (χ1) is 33.0. The van der Waals surface area contributed by atoms with Crippen molar-refractivity contribution in [3.63, 3.8) is 0 Å². The molecule has 0 aliphatic carbocycles. The van der Waals surface area contributed by atoms with Gasteiger partial charge in [0.15, 0.2) is 6.10 Å². The van der Waals surface area contributed by atoms with Crippen molar-refractivity contribution < 1.29 is 28.6 Å². The first-order valence-electron chi connectivity index (χ1n) is 30.2. The molecule has 0 aliphatic rings. The molecule has 396 valence electrons. The minimum Gasteiger partial charge on any atom is -0.462 e. The van der Waals surface area contributed by atoms with Gasteiger partial charge >= 0.3 is 17.9 Å². The topological polar surface area (TPSA) is 78.9 Å². The van der Waals surface area contributed by atoms with E-state index in [4.69, 9.17) is 14.2 Å². The van der Waals surface area contributed by atoms with Gasteiger partial charge in [-0.05, 0) is 38.5 Å². The predicted octanol–water partition coefficient (Wildman–Crippen LogP) is 20.1. The molecule has 0 aromatic rings. The third kappa shape index (κ3) is 55.0. The molecule has 1 unspecified atom stereocenters. The molecule has 0 spiro atoms. The van der Waals surface area contributed by atoms with Crippen LogP contribution in [0.3, 0.4) is 0 Å².